The van der Waals surface area contributed by atoms with E-state index < -0.39 is 5.82 Å². The van der Waals surface area contributed by atoms with Crippen LogP contribution in [0.3, 0.4) is 0 Å². The average Bonchev–Trinajstić information content (AvgIpc) is 2.09. The molecule has 58 valence electrons. The Bertz CT molecular complexity index is 383. The van der Waals surface area contributed by atoms with Gasteiger partial charge in [-0.25, -0.2) is 9.18 Å². The fraction of sp³-hybridized carbons (Fsp3) is 0. The van der Waals surface area contributed by atoms with Crippen LogP contribution in [0.15, 0.2) is 29.3 Å². The first kappa shape index (κ1) is 8.19. The predicted molar refractivity (Wildman–Crippen MR) is 41.4 cm³/mol. The van der Waals surface area contributed by atoms with Gasteiger partial charge in [-0.05, 0) is 18.1 Å². The molecule has 0 aliphatic heterocycles. The lowest BCUT2D eigenvalue weighted by molar-refractivity contribution is 0.565. The van der Waals surface area contributed by atoms with Crippen molar-refractivity contribution >= 4 is 6.08 Å². The minimum absolute atomic E-state index is 0.219. The molecule has 0 aromatic heterocycles. The molecule has 0 spiro atoms. The van der Waals surface area contributed by atoms with Gasteiger partial charge in [0.2, 0.25) is 6.08 Å². The van der Waals surface area contributed by atoms with E-state index in [-0.39, 0.29) is 5.56 Å². The van der Waals surface area contributed by atoms with E-state index in [1.807, 2.05) is 0 Å². The van der Waals surface area contributed by atoms with Crippen LogP contribution in [0.2, 0.25) is 0 Å². The Labute approximate surface area is 68.7 Å². The quantitative estimate of drug-likeness (QED) is 0.322. The summed E-state index contributed by atoms with van der Waals surface area (Å²) >= 11 is 0. The molecule has 0 saturated carbocycles. The maximum absolute atomic E-state index is 12.8. The largest absolute Gasteiger partial charge is 0.249 e. The molecule has 0 N–H and O–H groups in total. The van der Waals surface area contributed by atoms with Gasteiger partial charge in [-0.1, -0.05) is 12.1 Å². The Morgan fingerprint density at radius 3 is 2.75 bits per heavy atom. The molecule has 3 heteroatoms. The van der Waals surface area contributed by atoms with Crippen LogP contribution in [-0.2, 0) is 4.79 Å². The van der Waals surface area contributed by atoms with E-state index in [9.17, 15) is 9.18 Å². The number of aliphatic imine (C=N–C) groups is 1. The van der Waals surface area contributed by atoms with Crippen molar-refractivity contribution in [2.45, 2.75) is 0 Å². The fourth-order valence-corrected chi connectivity index (χ4v) is 0.674. The summed E-state index contributed by atoms with van der Waals surface area (Å²) in [5, 5.41) is 0. The zero-order chi connectivity index (χ0) is 8.81. The van der Waals surface area contributed by atoms with Crippen molar-refractivity contribution in [2.24, 2.45) is 4.99 Å². The number of carbonyl (C=O) groups excluding carboxylic acids is 1. The smallest absolute Gasteiger partial charge is 0.210 e. The third kappa shape index (κ3) is 2.05. The molecule has 0 aliphatic rings. The van der Waals surface area contributed by atoms with Crippen LogP contribution in [-0.4, -0.2) is 6.08 Å². The number of isocyanates is 1. The molecule has 0 atom stereocenters. The van der Waals surface area contributed by atoms with Gasteiger partial charge >= 0.3 is 0 Å². The highest BCUT2D eigenvalue weighted by Gasteiger charge is 1.93. The molecular formula is C9H4FNO. The van der Waals surface area contributed by atoms with Crippen molar-refractivity contribution in [1.29, 1.82) is 0 Å². The lowest BCUT2D eigenvalue weighted by atomic mass is 10.2. The highest BCUT2D eigenvalue weighted by atomic mass is 19.1. The van der Waals surface area contributed by atoms with E-state index >= 15 is 0 Å². The topological polar surface area (TPSA) is 29.4 Å². The minimum atomic E-state index is -0.425. The monoisotopic (exact) mass is 161 g/mol. The van der Waals surface area contributed by atoms with Crippen molar-refractivity contribution in [2.75, 3.05) is 0 Å². The van der Waals surface area contributed by atoms with E-state index in [4.69, 9.17) is 0 Å². The van der Waals surface area contributed by atoms with Crippen molar-refractivity contribution < 1.29 is 9.18 Å². The first-order valence-electron chi connectivity index (χ1n) is 3.17. The number of hydrogen-bond donors (Lipinski definition) is 0. The SMILES string of the molecule is O=C=NC#Cc1ccccc1F. The zero-order valence-corrected chi connectivity index (χ0v) is 6.04. The van der Waals surface area contributed by atoms with Gasteiger partial charge in [-0.2, -0.15) is 0 Å². The Morgan fingerprint density at radius 2 is 2.08 bits per heavy atom. The van der Waals surface area contributed by atoms with Crippen LogP contribution in [0.25, 0.3) is 0 Å². The van der Waals surface area contributed by atoms with E-state index in [1.165, 1.54) is 18.2 Å². The second-order valence-electron chi connectivity index (χ2n) is 1.92. The zero-order valence-electron chi connectivity index (χ0n) is 6.04. The Morgan fingerprint density at radius 1 is 1.33 bits per heavy atom. The van der Waals surface area contributed by atoms with Crippen LogP contribution < -0.4 is 0 Å². The molecule has 1 aromatic rings. The fourth-order valence-electron chi connectivity index (χ4n) is 0.674. The number of halogens is 1. The van der Waals surface area contributed by atoms with Gasteiger partial charge in [0.25, 0.3) is 0 Å². The lowest BCUT2D eigenvalue weighted by Gasteiger charge is -1.89. The summed E-state index contributed by atoms with van der Waals surface area (Å²) in [4.78, 5) is 12.6. The Balaban J connectivity index is 2.99. The molecule has 0 heterocycles. The van der Waals surface area contributed by atoms with Gasteiger partial charge in [-0.3, -0.25) is 0 Å². The number of hydrogen-bond acceptors (Lipinski definition) is 2. The molecule has 2 nitrogen and oxygen atoms in total. The second-order valence-corrected chi connectivity index (χ2v) is 1.92. The van der Waals surface area contributed by atoms with Crippen LogP contribution in [0.1, 0.15) is 5.56 Å². The van der Waals surface area contributed by atoms with Crippen LogP contribution in [0.5, 0.6) is 0 Å². The van der Waals surface area contributed by atoms with Crippen molar-refractivity contribution in [1.82, 2.24) is 0 Å². The van der Waals surface area contributed by atoms with Crippen LogP contribution in [0, 0.1) is 17.8 Å². The normalized spacial score (nSPS) is 7.75. The maximum atomic E-state index is 12.8. The van der Waals surface area contributed by atoms with Crippen molar-refractivity contribution in [3.05, 3.63) is 35.6 Å². The molecule has 12 heavy (non-hydrogen) atoms. The van der Waals surface area contributed by atoms with E-state index in [2.05, 4.69) is 17.0 Å². The molecule has 0 aliphatic carbocycles. The van der Waals surface area contributed by atoms with Crippen LogP contribution in [0.4, 0.5) is 4.39 Å². The standard InChI is InChI=1S/C9H4FNO/c10-9-4-2-1-3-8(9)5-6-11-7-12/h1-4H. The van der Waals surface area contributed by atoms with E-state index in [0.29, 0.717) is 0 Å². The molecule has 0 unspecified atom stereocenters. The van der Waals surface area contributed by atoms with Crippen LogP contribution >= 0.6 is 0 Å². The summed E-state index contributed by atoms with van der Waals surface area (Å²) in [6.07, 6.45) is 1.24. The molecule has 1 aromatic carbocycles. The molecule has 0 saturated heterocycles. The third-order valence-corrected chi connectivity index (χ3v) is 1.17. The van der Waals surface area contributed by atoms with Gasteiger partial charge in [0, 0.05) is 0 Å². The predicted octanol–water partition coefficient (Wildman–Crippen LogP) is 1.47. The summed E-state index contributed by atoms with van der Waals surface area (Å²) < 4.78 is 12.8. The third-order valence-electron chi connectivity index (χ3n) is 1.17. The van der Waals surface area contributed by atoms with Gasteiger partial charge in [-0.15, -0.1) is 4.99 Å². The Kier molecular flexibility index (Phi) is 2.78. The molecule has 1 rings (SSSR count). The summed E-state index contributed by atoms with van der Waals surface area (Å²) in [5.41, 5.74) is 0.219. The first-order valence-corrected chi connectivity index (χ1v) is 3.17. The van der Waals surface area contributed by atoms with Gasteiger partial charge < -0.3 is 0 Å². The minimum Gasteiger partial charge on any atom is -0.210 e. The number of nitrogens with zero attached hydrogens (tertiary/aromatic N) is 1. The second kappa shape index (κ2) is 4.07. The number of benzene rings is 1. The Hall–Kier alpha value is -1.91. The summed E-state index contributed by atoms with van der Waals surface area (Å²) in [6, 6.07) is 8.10. The lowest BCUT2D eigenvalue weighted by Crippen LogP contribution is -1.79. The molecule has 0 amide bonds. The number of rotatable bonds is 0. The first-order chi connectivity index (χ1) is 5.84. The molecule has 0 bridgehead atoms. The van der Waals surface area contributed by atoms with E-state index in [1.54, 1.807) is 12.1 Å². The average molecular weight is 161 g/mol. The van der Waals surface area contributed by atoms with Crippen molar-refractivity contribution in [3.63, 3.8) is 0 Å². The molecule has 0 fully saturated rings. The summed E-state index contributed by atoms with van der Waals surface area (Å²) in [6.45, 7) is 0. The van der Waals surface area contributed by atoms with Gasteiger partial charge in [0.05, 0.1) is 11.6 Å². The highest BCUT2D eigenvalue weighted by Crippen LogP contribution is 2.03. The highest BCUT2D eigenvalue weighted by molar-refractivity contribution is 5.40. The maximum Gasteiger partial charge on any atom is 0.249 e. The summed E-state index contributed by atoms with van der Waals surface area (Å²) in [7, 11) is 0. The molecular weight excluding hydrogens is 157 g/mol. The van der Waals surface area contributed by atoms with Crippen molar-refractivity contribution in [3.8, 4) is 12.0 Å². The van der Waals surface area contributed by atoms with Gasteiger partial charge in [0.1, 0.15) is 5.82 Å². The van der Waals surface area contributed by atoms with Gasteiger partial charge in [0.15, 0.2) is 0 Å². The van der Waals surface area contributed by atoms with E-state index in [0.717, 1.165) is 0 Å². The molecule has 0 radical (unpaired) electrons. The summed E-state index contributed by atoms with van der Waals surface area (Å²) in [5.74, 6) is 1.93.